The molecular weight excluding hydrogens is 322 g/mol. The number of ether oxygens (including phenoxy) is 2. The molecule has 140 valence electrons. The maximum atomic E-state index is 11.1. The van der Waals surface area contributed by atoms with E-state index < -0.39 is 12.0 Å². The van der Waals surface area contributed by atoms with Gasteiger partial charge in [0.15, 0.2) is 0 Å². The van der Waals surface area contributed by atoms with E-state index in [9.17, 15) is 9.90 Å². The van der Waals surface area contributed by atoms with Crippen LogP contribution in [0.1, 0.15) is 17.3 Å². The Labute approximate surface area is 149 Å². The summed E-state index contributed by atoms with van der Waals surface area (Å²) >= 11 is 0. The summed E-state index contributed by atoms with van der Waals surface area (Å²) in [6.45, 7) is 6.89. The molecule has 0 aromatic heterocycles. The molecule has 0 bridgehead atoms. The summed E-state index contributed by atoms with van der Waals surface area (Å²) in [4.78, 5) is 15.6. The molecule has 0 aliphatic carbocycles. The van der Waals surface area contributed by atoms with Gasteiger partial charge in [-0.2, -0.15) is 0 Å². The topological polar surface area (TPSA) is 88.3 Å². The van der Waals surface area contributed by atoms with E-state index in [2.05, 4.69) is 9.80 Å². The number of carbonyl (C=O) groups is 1. The highest BCUT2D eigenvalue weighted by molar-refractivity contribution is 5.93. The van der Waals surface area contributed by atoms with Crippen LogP contribution in [-0.2, 0) is 9.47 Å². The van der Waals surface area contributed by atoms with E-state index in [0.717, 1.165) is 31.9 Å². The Kier molecular flexibility index (Phi) is 7.64. The number of amides is 1. The van der Waals surface area contributed by atoms with Crippen molar-refractivity contribution in [2.45, 2.75) is 19.1 Å². The van der Waals surface area contributed by atoms with E-state index in [1.807, 2.05) is 19.1 Å². The van der Waals surface area contributed by atoms with Crippen LogP contribution in [0.2, 0.25) is 0 Å². The van der Waals surface area contributed by atoms with Gasteiger partial charge in [0.1, 0.15) is 0 Å². The number of aliphatic hydroxyl groups is 1. The molecule has 1 saturated heterocycles. The summed E-state index contributed by atoms with van der Waals surface area (Å²) in [6.07, 6.45) is -0.513. The minimum Gasteiger partial charge on any atom is -0.389 e. The Bertz CT molecular complexity index is 530. The van der Waals surface area contributed by atoms with Crippen LogP contribution in [0.25, 0.3) is 0 Å². The lowest BCUT2D eigenvalue weighted by molar-refractivity contribution is -0.0399. The van der Waals surface area contributed by atoms with Crippen LogP contribution < -0.4 is 10.6 Å². The molecule has 0 unspecified atom stereocenters. The Morgan fingerprint density at radius 2 is 1.84 bits per heavy atom. The summed E-state index contributed by atoms with van der Waals surface area (Å²) in [7, 11) is 1.64. The number of nitrogens with two attached hydrogens (primary N) is 1. The first kappa shape index (κ1) is 19.7. The molecule has 0 radical (unpaired) electrons. The van der Waals surface area contributed by atoms with Crippen molar-refractivity contribution in [3.05, 3.63) is 29.8 Å². The first-order valence-electron chi connectivity index (χ1n) is 8.65. The third-order valence-corrected chi connectivity index (χ3v) is 4.33. The van der Waals surface area contributed by atoms with Crippen molar-refractivity contribution in [2.24, 2.45) is 5.73 Å². The maximum absolute atomic E-state index is 11.1. The largest absolute Gasteiger partial charge is 0.389 e. The van der Waals surface area contributed by atoms with Crippen LogP contribution in [0.4, 0.5) is 5.69 Å². The number of nitrogens with zero attached hydrogens (tertiary/aromatic N) is 2. The van der Waals surface area contributed by atoms with Gasteiger partial charge in [-0.1, -0.05) is 0 Å². The number of aliphatic hydroxyl groups excluding tert-OH is 1. The average Bonchev–Trinajstić information content (AvgIpc) is 2.61. The highest BCUT2D eigenvalue weighted by atomic mass is 16.5. The molecule has 1 aliphatic heterocycles. The van der Waals surface area contributed by atoms with Crippen LogP contribution in [0, 0.1) is 0 Å². The van der Waals surface area contributed by atoms with E-state index in [4.69, 9.17) is 15.2 Å². The van der Waals surface area contributed by atoms with E-state index in [-0.39, 0.29) is 6.10 Å². The van der Waals surface area contributed by atoms with E-state index in [1.165, 1.54) is 0 Å². The van der Waals surface area contributed by atoms with Gasteiger partial charge in [0.25, 0.3) is 0 Å². The molecule has 3 N–H and O–H groups in total. The molecule has 25 heavy (non-hydrogen) atoms. The second-order valence-electron chi connectivity index (χ2n) is 6.45. The van der Waals surface area contributed by atoms with Gasteiger partial charge in [-0.3, -0.25) is 9.69 Å². The molecule has 1 amide bonds. The number of anilines is 1. The molecule has 0 spiro atoms. The van der Waals surface area contributed by atoms with Gasteiger partial charge in [0, 0.05) is 51.1 Å². The number of primary amides is 1. The van der Waals surface area contributed by atoms with Gasteiger partial charge < -0.3 is 25.2 Å². The smallest absolute Gasteiger partial charge is 0.248 e. The molecule has 2 atom stereocenters. The maximum Gasteiger partial charge on any atom is 0.248 e. The van der Waals surface area contributed by atoms with Crippen LogP contribution >= 0.6 is 0 Å². The number of benzene rings is 1. The monoisotopic (exact) mass is 351 g/mol. The third-order valence-electron chi connectivity index (χ3n) is 4.33. The van der Waals surface area contributed by atoms with Crippen molar-refractivity contribution in [1.82, 2.24) is 4.90 Å². The van der Waals surface area contributed by atoms with Crippen LogP contribution in [0.3, 0.4) is 0 Å². The van der Waals surface area contributed by atoms with E-state index in [1.54, 1.807) is 19.2 Å². The fraction of sp³-hybridized carbons (Fsp3) is 0.611. The summed E-state index contributed by atoms with van der Waals surface area (Å²) in [5, 5.41) is 10.1. The zero-order valence-electron chi connectivity index (χ0n) is 15.1. The highest BCUT2D eigenvalue weighted by Crippen LogP contribution is 2.17. The Hall–Kier alpha value is -1.67. The van der Waals surface area contributed by atoms with Crippen molar-refractivity contribution in [2.75, 3.05) is 57.9 Å². The molecule has 7 heteroatoms. The van der Waals surface area contributed by atoms with Crippen molar-refractivity contribution in [3.8, 4) is 0 Å². The first-order chi connectivity index (χ1) is 12.0. The van der Waals surface area contributed by atoms with E-state index >= 15 is 0 Å². The predicted molar refractivity (Wildman–Crippen MR) is 96.9 cm³/mol. The summed E-state index contributed by atoms with van der Waals surface area (Å²) < 4.78 is 10.6. The minimum absolute atomic E-state index is 0.0140. The van der Waals surface area contributed by atoms with Crippen molar-refractivity contribution >= 4 is 11.6 Å². The van der Waals surface area contributed by atoms with Gasteiger partial charge in [0.2, 0.25) is 5.91 Å². The zero-order chi connectivity index (χ0) is 18.2. The lowest BCUT2D eigenvalue weighted by Gasteiger charge is -2.37. The molecule has 1 fully saturated rings. The summed E-state index contributed by atoms with van der Waals surface area (Å²) in [5.74, 6) is -0.410. The SMILES string of the molecule is COC[C@@H](C)OC[C@H](O)CN1CCN(c2ccc(C(N)=O)cc2)CC1. The number of hydrogen-bond donors (Lipinski definition) is 2. The molecule has 1 aromatic carbocycles. The number of methoxy groups -OCH3 is 1. The summed E-state index contributed by atoms with van der Waals surface area (Å²) in [5.41, 5.74) is 6.87. The second kappa shape index (κ2) is 9.72. The fourth-order valence-electron chi connectivity index (χ4n) is 2.93. The molecular formula is C18H29N3O4. The molecule has 2 rings (SSSR count). The molecule has 7 nitrogen and oxygen atoms in total. The van der Waals surface area contributed by atoms with Crippen molar-refractivity contribution < 1.29 is 19.4 Å². The summed E-state index contributed by atoms with van der Waals surface area (Å²) in [6, 6.07) is 7.36. The van der Waals surface area contributed by atoms with Gasteiger partial charge in [-0.05, 0) is 31.2 Å². The van der Waals surface area contributed by atoms with Crippen LogP contribution in [-0.4, -0.2) is 81.2 Å². The molecule has 1 aromatic rings. The Morgan fingerprint density at radius 1 is 1.20 bits per heavy atom. The molecule has 1 aliphatic rings. The van der Waals surface area contributed by atoms with Crippen molar-refractivity contribution in [1.29, 1.82) is 0 Å². The van der Waals surface area contributed by atoms with Gasteiger partial charge >= 0.3 is 0 Å². The minimum atomic E-state index is -0.499. The fourth-order valence-corrected chi connectivity index (χ4v) is 2.93. The lowest BCUT2D eigenvalue weighted by Crippen LogP contribution is -2.49. The molecule has 1 heterocycles. The predicted octanol–water partition coefficient (Wildman–Crippen LogP) is 0.320. The number of rotatable bonds is 9. The highest BCUT2D eigenvalue weighted by Gasteiger charge is 2.20. The van der Waals surface area contributed by atoms with Gasteiger partial charge in [-0.25, -0.2) is 0 Å². The third kappa shape index (κ3) is 6.28. The standard InChI is InChI=1S/C18H29N3O4/c1-14(12-24-2)25-13-17(22)11-20-7-9-21(10-8-20)16-5-3-15(4-6-16)18(19)23/h3-6,14,17,22H,7-13H2,1-2H3,(H2,19,23)/t14-,17-/m1/s1. The average molecular weight is 351 g/mol. The second-order valence-corrected chi connectivity index (χ2v) is 6.45. The Morgan fingerprint density at radius 3 is 2.40 bits per heavy atom. The number of β-amino-alcohol motifs (C(OH)–C–C–N with tert-alkyl or cyclic N) is 1. The van der Waals surface area contributed by atoms with Crippen molar-refractivity contribution in [3.63, 3.8) is 0 Å². The van der Waals surface area contributed by atoms with Crippen LogP contribution in [0.5, 0.6) is 0 Å². The number of piperazine rings is 1. The van der Waals surface area contributed by atoms with E-state index in [0.29, 0.717) is 25.3 Å². The molecule has 0 saturated carbocycles. The Balaban J connectivity index is 1.73. The zero-order valence-corrected chi connectivity index (χ0v) is 15.1. The lowest BCUT2D eigenvalue weighted by atomic mass is 10.1. The van der Waals surface area contributed by atoms with Crippen LogP contribution in [0.15, 0.2) is 24.3 Å². The number of hydrogen-bond acceptors (Lipinski definition) is 6. The quantitative estimate of drug-likeness (QED) is 0.666. The normalized spacial score (nSPS) is 18.1. The first-order valence-corrected chi connectivity index (χ1v) is 8.65. The van der Waals surface area contributed by atoms with Gasteiger partial charge in [-0.15, -0.1) is 0 Å². The number of carbonyl (C=O) groups excluding carboxylic acids is 1. The van der Waals surface area contributed by atoms with Gasteiger partial charge in [0.05, 0.1) is 25.4 Å².